The van der Waals surface area contributed by atoms with Gasteiger partial charge in [-0.15, -0.1) is 0 Å². The van der Waals surface area contributed by atoms with Crippen LogP contribution in [0.2, 0.25) is 0 Å². The van der Waals surface area contributed by atoms with Crippen LogP contribution in [0.5, 0.6) is 5.75 Å². The molecule has 0 aliphatic carbocycles. The number of methoxy groups -OCH3 is 1. The van der Waals surface area contributed by atoms with Crippen LogP contribution in [-0.4, -0.2) is 29.4 Å². The number of aromatic amines is 1. The maximum atomic E-state index is 12.4. The highest BCUT2D eigenvalue weighted by molar-refractivity contribution is 6.43. The van der Waals surface area contributed by atoms with E-state index in [1.54, 1.807) is 46.9 Å². The summed E-state index contributed by atoms with van der Waals surface area (Å²) in [4.78, 5) is 27.5. The fraction of sp³-hybridized carbons (Fsp3) is 0.375. The Kier molecular flexibility index (Phi) is 3.77. The molecule has 0 saturated carbocycles. The van der Waals surface area contributed by atoms with E-state index in [1.807, 2.05) is 6.07 Å². The molecule has 0 bridgehead atoms. The molecule has 2 rings (SSSR count). The van der Waals surface area contributed by atoms with Crippen LogP contribution in [0.15, 0.2) is 18.2 Å². The third-order valence-corrected chi connectivity index (χ3v) is 3.00. The number of nitrogens with one attached hydrogen (secondary N) is 1. The molecule has 21 heavy (non-hydrogen) atoms. The third-order valence-electron chi connectivity index (χ3n) is 3.00. The Balaban J connectivity index is 2.47. The third kappa shape index (κ3) is 3.07. The second-order valence-corrected chi connectivity index (χ2v) is 5.87. The Morgan fingerprint density at radius 3 is 2.43 bits per heavy atom. The number of ketones is 1. The number of benzene rings is 1. The number of H-pyrrole nitrogens is 1. The van der Waals surface area contributed by atoms with E-state index in [4.69, 9.17) is 9.47 Å². The van der Waals surface area contributed by atoms with Gasteiger partial charge in [0.2, 0.25) is 0 Å². The van der Waals surface area contributed by atoms with Gasteiger partial charge >= 0.3 is 5.97 Å². The number of hydrogen-bond donors (Lipinski definition) is 1. The lowest BCUT2D eigenvalue weighted by atomic mass is 10.1. The summed E-state index contributed by atoms with van der Waals surface area (Å²) < 4.78 is 10.3. The van der Waals surface area contributed by atoms with E-state index in [0.717, 1.165) is 5.52 Å². The van der Waals surface area contributed by atoms with Crippen molar-refractivity contribution in [2.75, 3.05) is 7.11 Å². The number of rotatable bonds is 3. The minimum atomic E-state index is -0.852. The van der Waals surface area contributed by atoms with Gasteiger partial charge in [0, 0.05) is 16.6 Å². The first-order valence-corrected chi connectivity index (χ1v) is 6.67. The van der Waals surface area contributed by atoms with Crippen LogP contribution in [0.4, 0.5) is 0 Å². The molecule has 0 spiro atoms. The van der Waals surface area contributed by atoms with Crippen LogP contribution in [0, 0.1) is 6.92 Å². The molecule has 1 aromatic heterocycles. The highest BCUT2D eigenvalue weighted by Gasteiger charge is 2.27. The highest BCUT2D eigenvalue weighted by atomic mass is 16.6. The molecule has 5 heteroatoms. The second-order valence-electron chi connectivity index (χ2n) is 5.87. The first kappa shape index (κ1) is 15.1. The van der Waals surface area contributed by atoms with Crippen LogP contribution in [0.1, 0.15) is 36.8 Å². The predicted molar refractivity (Wildman–Crippen MR) is 79.8 cm³/mol. The van der Waals surface area contributed by atoms with E-state index in [2.05, 4.69) is 4.98 Å². The summed E-state index contributed by atoms with van der Waals surface area (Å²) in [7, 11) is 1.55. The number of fused-ring (bicyclic) bond motifs is 1. The number of Topliss-reactive ketones (excluding diaryl/α,β-unsaturated/α-hetero) is 1. The van der Waals surface area contributed by atoms with Crippen molar-refractivity contribution in [1.82, 2.24) is 4.98 Å². The summed E-state index contributed by atoms with van der Waals surface area (Å²) in [6.07, 6.45) is 0. The lowest BCUT2D eigenvalue weighted by Crippen LogP contribution is -2.29. The molecule has 1 heterocycles. The Hall–Kier alpha value is -2.30. The van der Waals surface area contributed by atoms with Gasteiger partial charge in [-0.2, -0.15) is 0 Å². The number of aromatic nitrogens is 1. The molecular formula is C16H19NO4. The van der Waals surface area contributed by atoms with Gasteiger partial charge in [-0.25, -0.2) is 4.79 Å². The SMILES string of the molecule is COc1ccc2[nH]c(C)c(C(=O)C(=O)OC(C)(C)C)c2c1. The zero-order chi connectivity index (χ0) is 15.8. The lowest BCUT2D eigenvalue weighted by Gasteiger charge is -2.18. The van der Waals surface area contributed by atoms with E-state index in [1.165, 1.54) is 0 Å². The van der Waals surface area contributed by atoms with Gasteiger partial charge in [0.1, 0.15) is 11.4 Å². The summed E-state index contributed by atoms with van der Waals surface area (Å²) >= 11 is 0. The van der Waals surface area contributed by atoms with E-state index < -0.39 is 17.4 Å². The molecule has 1 aromatic carbocycles. The molecule has 1 N–H and O–H groups in total. The second kappa shape index (κ2) is 5.24. The Bertz CT molecular complexity index is 707. The van der Waals surface area contributed by atoms with Crippen molar-refractivity contribution in [2.45, 2.75) is 33.3 Å². The van der Waals surface area contributed by atoms with Crippen LogP contribution in [0.3, 0.4) is 0 Å². The molecule has 0 aliphatic rings. The van der Waals surface area contributed by atoms with Crippen molar-refractivity contribution in [3.63, 3.8) is 0 Å². The van der Waals surface area contributed by atoms with Gasteiger partial charge in [-0.05, 0) is 45.9 Å². The molecular weight excluding hydrogens is 270 g/mol. The number of esters is 1. The molecule has 2 aromatic rings. The molecule has 0 aliphatic heterocycles. The number of ether oxygens (including phenoxy) is 2. The van der Waals surface area contributed by atoms with Gasteiger partial charge in [0.25, 0.3) is 5.78 Å². The van der Waals surface area contributed by atoms with Crippen LogP contribution in [-0.2, 0) is 9.53 Å². The largest absolute Gasteiger partial charge is 0.497 e. The summed E-state index contributed by atoms with van der Waals surface area (Å²) in [5.74, 6) is -0.879. The van der Waals surface area contributed by atoms with E-state index in [0.29, 0.717) is 22.4 Å². The number of carbonyl (C=O) groups excluding carboxylic acids is 2. The van der Waals surface area contributed by atoms with Crippen molar-refractivity contribution in [3.05, 3.63) is 29.5 Å². The Labute approximate surface area is 123 Å². The van der Waals surface area contributed by atoms with Crippen LogP contribution >= 0.6 is 0 Å². The van der Waals surface area contributed by atoms with Crippen molar-refractivity contribution >= 4 is 22.7 Å². The summed E-state index contributed by atoms with van der Waals surface area (Å²) in [6, 6.07) is 5.34. The molecule has 0 fully saturated rings. The van der Waals surface area contributed by atoms with Gasteiger partial charge in [-0.3, -0.25) is 4.79 Å². The summed E-state index contributed by atoms with van der Waals surface area (Å²) in [5.41, 5.74) is 1.04. The quantitative estimate of drug-likeness (QED) is 0.536. The van der Waals surface area contributed by atoms with Crippen LogP contribution in [0.25, 0.3) is 10.9 Å². The first-order valence-electron chi connectivity index (χ1n) is 6.67. The van der Waals surface area contributed by atoms with Gasteiger partial charge in [0.05, 0.1) is 12.7 Å². The van der Waals surface area contributed by atoms with E-state index in [-0.39, 0.29) is 0 Å². The zero-order valence-corrected chi connectivity index (χ0v) is 12.9. The predicted octanol–water partition coefficient (Wildman–Crippen LogP) is 3.01. The minimum absolute atomic E-state index is 0.332. The average Bonchev–Trinajstić information content (AvgIpc) is 2.70. The standard InChI is InChI=1S/C16H19NO4/c1-9-13(14(18)15(19)21-16(2,3)4)11-8-10(20-5)6-7-12(11)17-9/h6-8,17H,1-5H3. The maximum absolute atomic E-state index is 12.4. The fourth-order valence-electron chi connectivity index (χ4n) is 2.15. The van der Waals surface area contributed by atoms with E-state index >= 15 is 0 Å². The molecule has 5 nitrogen and oxygen atoms in total. The number of aryl methyl sites for hydroxylation is 1. The van der Waals surface area contributed by atoms with Gasteiger partial charge in [0.15, 0.2) is 0 Å². The monoisotopic (exact) mass is 289 g/mol. The zero-order valence-electron chi connectivity index (χ0n) is 12.9. The van der Waals surface area contributed by atoms with Crippen molar-refractivity contribution in [3.8, 4) is 5.75 Å². The molecule has 0 amide bonds. The van der Waals surface area contributed by atoms with Crippen LogP contribution < -0.4 is 4.74 Å². The summed E-state index contributed by atoms with van der Waals surface area (Å²) in [5, 5.41) is 0.655. The number of hydrogen-bond acceptors (Lipinski definition) is 4. The first-order chi connectivity index (χ1) is 9.73. The van der Waals surface area contributed by atoms with Crippen molar-refractivity contribution in [1.29, 1.82) is 0 Å². The molecule has 112 valence electrons. The molecule has 0 saturated heterocycles. The Morgan fingerprint density at radius 1 is 1.19 bits per heavy atom. The average molecular weight is 289 g/mol. The topological polar surface area (TPSA) is 68.4 Å². The van der Waals surface area contributed by atoms with Gasteiger partial charge in [-0.1, -0.05) is 0 Å². The number of carbonyl (C=O) groups is 2. The molecule has 0 radical (unpaired) electrons. The maximum Gasteiger partial charge on any atom is 0.380 e. The van der Waals surface area contributed by atoms with Gasteiger partial charge < -0.3 is 14.5 Å². The molecule has 0 unspecified atom stereocenters. The van der Waals surface area contributed by atoms with Crippen molar-refractivity contribution in [2.24, 2.45) is 0 Å². The molecule has 0 atom stereocenters. The lowest BCUT2D eigenvalue weighted by molar-refractivity contribution is -0.148. The normalized spacial score (nSPS) is 11.5. The Morgan fingerprint density at radius 2 is 1.86 bits per heavy atom. The van der Waals surface area contributed by atoms with E-state index in [9.17, 15) is 9.59 Å². The smallest absolute Gasteiger partial charge is 0.380 e. The van der Waals surface area contributed by atoms with Crippen molar-refractivity contribution < 1.29 is 19.1 Å². The fourth-order valence-corrected chi connectivity index (χ4v) is 2.15. The summed E-state index contributed by atoms with van der Waals surface area (Å²) in [6.45, 7) is 6.93. The highest BCUT2D eigenvalue weighted by Crippen LogP contribution is 2.27. The minimum Gasteiger partial charge on any atom is -0.497 e.